The normalized spacial score (nSPS) is 13.4. The van der Waals surface area contributed by atoms with Gasteiger partial charge in [-0.25, -0.2) is 4.39 Å². The van der Waals surface area contributed by atoms with Gasteiger partial charge in [0.1, 0.15) is 5.82 Å². The average molecular weight is 281 g/mol. The van der Waals surface area contributed by atoms with E-state index in [1.165, 1.54) is 5.56 Å². The second-order valence-corrected chi connectivity index (χ2v) is 6.46. The molecule has 2 nitrogen and oxygen atoms in total. The monoisotopic (exact) mass is 281 g/mol. The Morgan fingerprint density at radius 3 is 2.40 bits per heavy atom. The van der Waals surface area contributed by atoms with Crippen LogP contribution < -0.4 is 5.32 Å². The third-order valence-electron chi connectivity index (χ3n) is 3.32. The van der Waals surface area contributed by atoms with Crippen LogP contribution in [0.5, 0.6) is 0 Å². The summed E-state index contributed by atoms with van der Waals surface area (Å²) in [6.45, 7) is 8.31. The summed E-state index contributed by atoms with van der Waals surface area (Å²) in [6, 6.07) is 6.85. The zero-order chi connectivity index (χ0) is 15.0. The van der Waals surface area contributed by atoms with Gasteiger partial charge in [-0.05, 0) is 70.2 Å². The van der Waals surface area contributed by atoms with Crippen molar-refractivity contribution < 1.29 is 9.13 Å². The summed E-state index contributed by atoms with van der Waals surface area (Å²) in [7, 11) is 1.74. The number of halogens is 1. The molecule has 0 saturated carbocycles. The first-order valence-corrected chi connectivity index (χ1v) is 7.39. The van der Waals surface area contributed by atoms with Crippen LogP contribution >= 0.6 is 0 Å². The first-order chi connectivity index (χ1) is 9.40. The fraction of sp³-hybridized carbons (Fsp3) is 0.647. The summed E-state index contributed by atoms with van der Waals surface area (Å²) < 4.78 is 18.1. The molecule has 1 N–H and O–H groups in total. The van der Waals surface area contributed by atoms with Crippen molar-refractivity contribution in [3.8, 4) is 0 Å². The van der Waals surface area contributed by atoms with Crippen LogP contribution in [0.4, 0.5) is 4.39 Å². The van der Waals surface area contributed by atoms with Gasteiger partial charge >= 0.3 is 0 Å². The van der Waals surface area contributed by atoms with Gasteiger partial charge in [0, 0.05) is 19.3 Å². The molecule has 0 aliphatic carbocycles. The minimum atomic E-state index is -0.169. The first-order valence-electron chi connectivity index (χ1n) is 7.39. The van der Waals surface area contributed by atoms with Crippen LogP contribution in [-0.2, 0) is 11.2 Å². The largest absolute Gasteiger partial charge is 0.385 e. The third-order valence-corrected chi connectivity index (χ3v) is 3.32. The average Bonchev–Trinajstić information content (AvgIpc) is 2.37. The van der Waals surface area contributed by atoms with Crippen LogP contribution in [0.1, 0.15) is 39.2 Å². The van der Waals surface area contributed by atoms with Crippen LogP contribution in [-0.4, -0.2) is 25.8 Å². The van der Waals surface area contributed by atoms with Crippen LogP contribution in [0.25, 0.3) is 0 Å². The maximum absolute atomic E-state index is 12.9. The Balaban J connectivity index is 2.54. The van der Waals surface area contributed by atoms with Crippen molar-refractivity contribution in [2.75, 3.05) is 20.3 Å². The molecule has 0 aliphatic rings. The highest BCUT2D eigenvalue weighted by molar-refractivity contribution is 5.16. The highest BCUT2D eigenvalue weighted by Gasteiger charge is 2.14. The molecule has 1 aromatic carbocycles. The SMILES string of the molecule is COCCCC(CNC(C)(C)C)Cc1ccc(F)cc1. The molecule has 0 saturated heterocycles. The third kappa shape index (κ3) is 7.61. The Labute approximate surface area is 122 Å². The molecule has 1 aromatic rings. The highest BCUT2D eigenvalue weighted by Crippen LogP contribution is 2.15. The number of hydrogen-bond acceptors (Lipinski definition) is 2. The fourth-order valence-corrected chi connectivity index (χ4v) is 2.20. The van der Waals surface area contributed by atoms with Crippen molar-refractivity contribution in [1.82, 2.24) is 5.32 Å². The van der Waals surface area contributed by atoms with E-state index in [1.54, 1.807) is 19.2 Å². The van der Waals surface area contributed by atoms with E-state index in [0.29, 0.717) is 5.92 Å². The smallest absolute Gasteiger partial charge is 0.123 e. The molecule has 0 aliphatic heterocycles. The van der Waals surface area contributed by atoms with E-state index in [4.69, 9.17) is 4.74 Å². The van der Waals surface area contributed by atoms with E-state index < -0.39 is 0 Å². The topological polar surface area (TPSA) is 21.3 Å². The van der Waals surface area contributed by atoms with Crippen LogP contribution in [0.15, 0.2) is 24.3 Å². The van der Waals surface area contributed by atoms with E-state index in [-0.39, 0.29) is 11.4 Å². The molecular weight excluding hydrogens is 253 g/mol. The van der Waals surface area contributed by atoms with Gasteiger partial charge < -0.3 is 10.1 Å². The van der Waals surface area contributed by atoms with Crippen LogP contribution in [0.3, 0.4) is 0 Å². The molecule has 0 spiro atoms. The van der Waals surface area contributed by atoms with Crippen LogP contribution in [0.2, 0.25) is 0 Å². The molecular formula is C17H28FNO. The molecule has 0 heterocycles. The van der Waals surface area contributed by atoms with Crippen molar-refractivity contribution in [3.05, 3.63) is 35.6 Å². The Hall–Kier alpha value is -0.930. The lowest BCUT2D eigenvalue weighted by Crippen LogP contribution is -2.39. The summed E-state index contributed by atoms with van der Waals surface area (Å²) in [6.07, 6.45) is 3.16. The van der Waals surface area contributed by atoms with Crippen molar-refractivity contribution in [2.24, 2.45) is 5.92 Å². The molecule has 0 amide bonds. The maximum Gasteiger partial charge on any atom is 0.123 e. The molecule has 0 fully saturated rings. The van der Waals surface area contributed by atoms with E-state index in [0.717, 1.165) is 32.4 Å². The molecule has 0 aromatic heterocycles. The Morgan fingerprint density at radius 1 is 1.20 bits per heavy atom. The molecule has 20 heavy (non-hydrogen) atoms. The molecule has 0 radical (unpaired) electrons. The lowest BCUT2D eigenvalue weighted by molar-refractivity contribution is 0.185. The second-order valence-electron chi connectivity index (χ2n) is 6.46. The summed E-state index contributed by atoms with van der Waals surface area (Å²) >= 11 is 0. The van der Waals surface area contributed by atoms with E-state index in [9.17, 15) is 4.39 Å². The number of nitrogens with one attached hydrogen (secondary N) is 1. The van der Waals surface area contributed by atoms with Gasteiger partial charge in [-0.2, -0.15) is 0 Å². The summed E-state index contributed by atoms with van der Waals surface area (Å²) in [5.41, 5.74) is 1.33. The van der Waals surface area contributed by atoms with E-state index >= 15 is 0 Å². The fourth-order valence-electron chi connectivity index (χ4n) is 2.20. The Kier molecular flexibility index (Phi) is 7.17. The first kappa shape index (κ1) is 17.1. The van der Waals surface area contributed by atoms with E-state index in [1.807, 2.05) is 12.1 Å². The van der Waals surface area contributed by atoms with Crippen molar-refractivity contribution in [2.45, 2.75) is 45.6 Å². The molecule has 1 atom stereocenters. The number of rotatable bonds is 8. The van der Waals surface area contributed by atoms with Gasteiger partial charge in [0.15, 0.2) is 0 Å². The molecule has 1 rings (SSSR count). The van der Waals surface area contributed by atoms with Crippen molar-refractivity contribution in [3.63, 3.8) is 0 Å². The van der Waals surface area contributed by atoms with E-state index in [2.05, 4.69) is 26.1 Å². The lowest BCUT2D eigenvalue weighted by atomic mass is 9.93. The zero-order valence-electron chi connectivity index (χ0n) is 13.2. The summed E-state index contributed by atoms with van der Waals surface area (Å²) in [5, 5.41) is 3.57. The maximum atomic E-state index is 12.9. The highest BCUT2D eigenvalue weighted by atomic mass is 19.1. The van der Waals surface area contributed by atoms with Gasteiger partial charge in [0.25, 0.3) is 0 Å². The zero-order valence-corrected chi connectivity index (χ0v) is 13.2. The number of methoxy groups -OCH3 is 1. The van der Waals surface area contributed by atoms with Crippen molar-refractivity contribution in [1.29, 1.82) is 0 Å². The summed E-state index contributed by atoms with van der Waals surface area (Å²) in [5.74, 6) is 0.382. The molecule has 0 bridgehead atoms. The van der Waals surface area contributed by atoms with Gasteiger partial charge in [-0.15, -0.1) is 0 Å². The molecule has 1 unspecified atom stereocenters. The predicted molar refractivity (Wildman–Crippen MR) is 82.5 cm³/mol. The van der Waals surface area contributed by atoms with Gasteiger partial charge in [0.2, 0.25) is 0 Å². The number of benzene rings is 1. The Bertz CT molecular complexity index is 370. The second kappa shape index (κ2) is 8.38. The summed E-state index contributed by atoms with van der Waals surface area (Å²) in [4.78, 5) is 0. The minimum Gasteiger partial charge on any atom is -0.385 e. The standard InChI is InChI=1S/C17H28FNO/c1-17(2,3)19-13-15(6-5-11-20-4)12-14-7-9-16(18)10-8-14/h7-10,15,19H,5-6,11-13H2,1-4H3. The number of hydrogen-bond donors (Lipinski definition) is 1. The van der Waals surface area contributed by atoms with Crippen LogP contribution in [0, 0.1) is 11.7 Å². The van der Waals surface area contributed by atoms with Crippen molar-refractivity contribution >= 4 is 0 Å². The predicted octanol–water partition coefficient (Wildman–Crippen LogP) is 3.80. The van der Waals surface area contributed by atoms with Gasteiger partial charge in [-0.3, -0.25) is 0 Å². The molecule has 114 valence electrons. The lowest BCUT2D eigenvalue weighted by Gasteiger charge is -2.25. The molecule has 3 heteroatoms. The van der Waals surface area contributed by atoms with Gasteiger partial charge in [-0.1, -0.05) is 12.1 Å². The Morgan fingerprint density at radius 2 is 1.85 bits per heavy atom. The van der Waals surface area contributed by atoms with Gasteiger partial charge in [0.05, 0.1) is 0 Å². The quantitative estimate of drug-likeness (QED) is 0.732. The minimum absolute atomic E-state index is 0.127. The number of ether oxygens (including phenoxy) is 1.